The standard InChI is InChI=1S/C20H23NO3/c1-14-7-4-10-19(15(14)2)24-12-6-11-20(23)21-18-9-5-8-17(13-18)16(3)22/h4-5,7-10,13H,6,11-12H2,1-3H3,(H,21,23). The summed E-state index contributed by atoms with van der Waals surface area (Å²) in [6.07, 6.45) is 1.00. The summed E-state index contributed by atoms with van der Waals surface area (Å²) < 4.78 is 5.74. The van der Waals surface area contributed by atoms with Crippen LogP contribution in [0.5, 0.6) is 5.75 Å². The fourth-order valence-corrected chi connectivity index (χ4v) is 2.33. The Morgan fingerprint density at radius 2 is 1.83 bits per heavy atom. The lowest BCUT2D eigenvalue weighted by Gasteiger charge is -2.11. The highest BCUT2D eigenvalue weighted by atomic mass is 16.5. The molecule has 24 heavy (non-hydrogen) atoms. The molecule has 0 radical (unpaired) electrons. The van der Waals surface area contributed by atoms with Crippen molar-refractivity contribution in [1.29, 1.82) is 0 Å². The van der Waals surface area contributed by atoms with Gasteiger partial charge in [-0.05, 0) is 56.5 Å². The van der Waals surface area contributed by atoms with Gasteiger partial charge in [-0.2, -0.15) is 0 Å². The molecule has 2 rings (SSSR count). The Morgan fingerprint density at radius 1 is 1.08 bits per heavy atom. The lowest BCUT2D eigenvalue weighted by Crippen LogP contribution is -2.13. The second-order valence-electron chi connectivity index (χ2n) is 5.84. The van der Waals surface area contributed by atoms with E-state index >= 15 is 0 Å². The van der Waals surface area contributed by atoms with Crippen molar-refractivity contribution in [2.24, 2.45) is 0 Å². The van der Waals surface area contributed by atoms with Crippen molar-refractivity contribution in [1.82, 2.24) is 0 Å². The van der Waals surface area contributed by atoms with Crippen LogP contribution in [0.2, 0.25) is 0 Å². The maximum absolute atomic E-state index is 12.0. The number of carbonyl (C=O) groups excluding carboxylic acids is 2. The molecular formula is C20H23NO3. The highest BCUT2D eigenvalue weighted by Gasteiger charge is 2.06. The third-order valence-electron chi connectivity index (χ3n) is 3.91. The van der Waals surface area contributed by atoms with Gasteiger partial charge < -0.3 is 10.1 Å². The van der Waals surface area contributed by atoms with Crippen molar-refractivity contribution in [3.63, 3.8) is 0 Å². The van der Waals surface area contributed by atoms with Crippen molar-refractivity contribution >= 4 is 17.4 Å². The quantitative estimate of drug-likeness (QED) is 0.610. The molecule has 2 aromatic carbocycles. The zero-order valence-corrected chi connectivity index (χ0v) is 14.4. The minimum Gasteiger partial charge on any atom is -0.493 e. The summed E-state index contributed by atoms with van der Waals surface area (Å²) in [5, 5.41) is 2.81. The fourth-order valence-electron chi connectivity index (χ4n) is 2.33. The van der Waals surface area contributed by atoms with Gasteiger partial charge in [-0.15, -0.1) is 0 Å². The van der Waals surface area contributed by atoms with E-state index in [1.807, 2.05) is 32.0 Å². The lowest BCUT2D eigenvalue weighted by atomic mass is 10.1. The van der Waals surface area contributed by atoms with Gasteiger partial charge in [0, 0.05) is 17.7 Å². The Labute approximate surface area is 142 Å². The summed E-state index contributed by atoms with van der Waals surface area (Å²) in [6.45, 7) is 6.07. The highest BCUT2D eigenvalue weighted by molar-refractivity contribution is 5.97. The van der Waals surface area contributed by atoms with Crippen LogP contribution in [0.25, 0.3) is 0 Å². The summed E-state index contributed by atoms with van der Waals surface area (Å²) in [6, 6.07) is 12.9. The molecule has 4 nitrogen and oxygen atoms in total. The van der Waals surface area contributed by atoms with Gasteiger partial charge in [0.2, 0.25) is 5.91 Å². The minimum atomic E-state index is -0.0831. The molecule has 0 bridgehead atoms. The number of rotatable bonds is 7. The molecule has 1 amide bonds. The van der Waals surface area contributed by atoms with Crippen LogP contribution in [0, 0.1) is 13.8 Å². The zero-order valence-electron chi connectivity index (χ0n) is 14.4. The van der Waals surface area contributed by atoms with Gasteiger partial charge in [-0.25, -0.2) is 0 Å². The van der Waals surface area contributed by atoms with Crippen LogP contribution in [0.4, 0.5) is 5.69 Å². The molecule has 0 saturated heterocycles. The van der Waals surface area contributed by atoms with E-state index in [0.29, 0.717) is 30.7 Å². The third-order valence-corrected chi connectivity index (χ3v) is 3.91. The molecule has 0 aromatic heterocycles. The highest BCUT2D eigenvalue weighted by Crippen LogP contribution is 2.20. The number of hydrogen-bond donors (Lipinski definition) is 1. The molecular weight excluding hydrogens is 302 g/mol. The molecule has 0 aliphatic rings. The Balaban J connectivity index is 1.78. The molecule has 0 atom stereocenters. The van der Waals surface area contributed by atoms with Crippen LogP contribution in [-0.2, 0) is 4.79 Å². The number of carbonyl (C=O) groups is 2. The number of amides is 1. The van der Waals surface area contributed by atoms with Crippen LogP contribution in [0.3, 0.4) is 0 Å². The summed E-state index contributed by atoms with van der Waals surface area (Å²) in [7, 11) is 0. The minimum absolute atomic E-state index is 0.0203. The SMILES string of the molecule is CC(=O)c1cccc(NC(=O)CCCOc2cccc(C)c2C)c1. The van der Waals surface area contributed by atoms with Crippen molar-refractivity contribution in [2.75, 3.05) is 11.9 Å². The normalized spacial score (nSPS) is 10.3. The summed E-state index contributed by atoms with van der Waals surface area (Å²) in [5.41, 5.74) is 3.55. The molecule has 2 aromatic rings. The van der Waals surface area contributed by atoms with Gasteiger partial charge in [0.1, 0.15) is 5.75 Å². The van der Waals surface area contributed by atoms with E-state index in [9.17, 15) is 9.59 Å². The van der Waals surface area contributed by atoms with Gasteiger partial charge in [0.25, 0.3) is 0 Å². The van der Waals surface area contributed by atoms with Gasteiger partial charge in [0.15, 0.2) is 5.78 Å². The lowest BCUT2D eigenvalue weighted by molar-refractivity contribution is -0.116. The number of hydrogen-bond acceptors (Lipinski definition) is 3. The van der Waals surface area contributed by atoms with E-state index in [1.165, 1.54) is 12.5 Å². The van der Waals surface area contributed by atoms with Crippen LogP contribution in [0.15, 0.2) is 42.5 Å². The van der Waals surface area contributed by atoms with Crippen molar-refractivity contribution in [3.05, 3.63) is 59.2 Å². The number of benzene rings is 2. The number of anilines is 1. The Morgan fingerprint density at radius 3 is 2.58 bits per heavy atom. The molecule has 1 N–H and O–H groups in total. The van der Waals surface area contributed by atoms with Gasteiger partial charge in [0.05, 0.1) is 6.61 Å². The van der Waals surface area contributed by atoms with Gasteiger partial charge in [-0.1, -0.05) is 24.3 Å². The number of aryl methyl sites for hydroxylation is 1. The average molecular weight is 325 g/mol. The molecule has 0 saturated carbocycles. The molecule has 0 aliphatic carbocycles. The zero-order chi connectivity index (χ0) is 17.5. The predicted octanol–water partition coefficient (Wildman–Crippen LogP) is 4.30. The Bertz CT molecular complexity index is 737. The van der Waals surface area contributed by atoms with E-state index in [0.717, 1.165) is 11.3 Å². The second-order valence-corrected chi connectivity index (χ2v) is 5.84. The number of nitrogens with one attached hydrogen (secondary N) is 1. The number of ether oxygens (including phenoxy) is 1. The van der Waals surface area contributed by atoms with E-state index in [4.69, 9.17) is 4.74 Å². The summed E-state index contributed by atoms with van der Waals surface area (Å²) in [4.78, 5) is 23.3. The van der Waals surface area contributed by atoms with Gasteiger partial charge in [-0.3, -0.25) is 9.59 Å². The predicted molar refractivity (Wildman–Crippen MR) is 95.7 cm³/mol. The van der Waals surface area contributed by atoms with Crippen molar-refractivity contribution < 1.29 is 14.3 Å². The van der Waals surface area contributed by atoms with Crippen LogP contribution < -0.4 is 10.1 Å². The first kappa shape index (κ1) is 17.7. The molecule has 0 aliphatic heterocycles. The first-order valence-corrected chi connectivity index (χ1v) is 8.07. The summed E-state index contributed by atoms with van der Waals surface area (Å²) >= 11 is 0. The average Bonchev–Trinajstić information content (AvgIpc) is 2.55. The molecule has 126 valence electrons. The largest absolute Gasteiger partial charge is 0.493 e. The van der Waals surface area contributed by atoms with E-state index in [-0.39, 0.29) is 11.7 Å². The van der Waals surface area contributed by atoms with Crippen molar-refractivity contribution in [2.45, 2.75) is 33.6 Å². The van der Waals surface area contributed by atoms with Crippen LogP contribution in [0.1, 0.15) is 41.3 Å². The van der Waals surface area contributed by atoms with Crippen LogP contribution in [-0.4, -0.2) is 18.3 Å². The van der Waals surface area contributed by atoms with E-state index in [2.05, 4.69) is 5.32 Å². The number of ketones is 1. The molecule has 0 spiro atoms. The molecule has 0 unspecified atom stereocenters. The molecule has 4 heteroatoms. The topological polar surface area (TPSA) is 55.4 Å². The Kier molecular flexibility index (Phi) is 6.13. The third kappa shape index (κ3) is 4.95. The number of Topliss-reactive ketones (excluding diaryl/α,β-unsaturated/α-hetero) is 1. The Hall–Kier alpha value is -2.62. The van der Waals surface area contributed by atoms with E-state index in [1.54, 1.807) is 24.3 Å². The first-order chi connectivity index (χ1) is 11.5. The van der Waals surface area contributed by atoms with Crippen LogP contribution >= 0.6 is 0 Å². The second kappa shape index (κ2) is 8.29. The molecule has 0 fully saturated rings. The van der Waals surface area contributed by atoms with E-state index < -0.39 is 0 Å². The molecule has 0 heterocycles. The van der Waals surface area contributed by atoms with Crippen molar-refractivity contribution in [3.8, 4) is 5.75 Å². The smallest absolute Gasteiger partial charge is 0.224 e. The maximum Gasteiger partial charge on any atom is 0.224 e. The summed E-state index contributed by atoms with van der Waals surface area (Å²) in [5.74, 6) is 0.762. The monoisotopic (exact) mass is 325 g/mol. The fraction of sp³-hybridized carbons (Fsp3) is 0.300. The maximum atomic E-state index is 12.0. The first-order valence-electron chi connectivity index (χ1n) is 8.07. The van der Waals surface area contributed by atoms with Gasteiger partial charge >= 0.3 is 0 Å².